The predicted molar refractivity (Wildman–Crippen MR) is 126 cm³/mol. The van der Waals surface area contributed by atoms with Gasteiger partial charge in [0.25, 0.3) is 0 Å². The molecule has 0 aliphatic carbocycles. The van der Waals surface area contributed by atoms with Crippen molar-refractivity contribution >= 4 is 29.9 Å². The van der Waals surface area contributed by atoms with Gasteiger partial charge in [-0.25, -0.2) is 0 Å². The molecule has 0 fully saturated rings. The van der Waals surface area contributed by atoms with E-state index in [2.05, 4.69) is 46.8 Å². The van der Waals surface area contributed by atoms with E-state index < -0.39 is 0 Å². The van der Waals surface area contributed by atoms with Crippen LogP contribution in [0.5, 0.6) is 11.5 Å². The summed E-state index contributed by atoms with van der Waals surface area (Å²) in [7, 11) is 7.59. The maximum Gasteiger partial charge on any atom is 0.191 e. The maximum absolute atomic E-state index is 5.69. The largest absolute Gasteiger partial charge is 0.497 e. The van der Waals surface area contributed by atoms with Gasteiger partial charge in [0.05, 0.1) is 19.7 Å². The van der Waals surface area contributed by atoms with Gasteiger partial charge in [0.15, 0.2) is 5.96 Å². The van der Waals surface area contributed by atoms with E-state index in [9.17, 15) is 0 Å². The van der Waals surface area contributed by atoms with Crippen LogP contribution in [0.25, 0.3) is 0 Å². The first-order valence-electron chi connectivity index (χ1n) is 9.06. The number of aliphatic imine (C=N–C) groups is 1. The second-order valence-electron chi connectivity index (χ2n) is 6.29. The minimum atomic E-state index is 0. The first-order chi connectivity index (χ1) is 13.1. The maximum atomic E-state index is 5.69. The molecule has 0 heterocycles. The lowest BCUT2D eigenvalue weighted by Gasteiger charge is -2.26. The third-order valence-electron chi connectivity index (χ3n) is 4.22. The fourth-order valence-corrected chi connectivity index (χ4v) is 2.69. The molecule has 6 nitrogen and oxygen atoms in total. The van der Waals surface area contributed by atoms with Gasteiger partial charge >= 0.3 is 0 Å². The first kappa shape index (κ1) is 24.0. The molecule has 0 saturated heterocycles. The number of ether oxygens (including phenoxy) is 2. The van der Waals surface area contributed by atoms with E-state index in [0.717, 1.165) is 24.0 Å². The first-order valence-corrected chi connectivity index (χ1v) is 9.06. The highest BCUT2D eigenvalue weighted by Gasteiger charge is 2.14. The summed E-state index contributed by atoms with van der Waals surface area (Å²) in [6.45, 7) is 1.97. The Bertz CT molecular complexity index is 693. The van der Waals surface area contributed by atoms with E-state index in [1.165, 1.54) is 5.56 Å². The van der Waals surface area contributed by atoms with Gasteiger partial charge in [-0.2, -0.15) is 0 Å². The number of methoxy groups -OCH3 is 1. The van der Waals surface area contributed by atoms with Crippen LogP contribution in [0.4, 0.5) is 0 Å². The van der Waals surface area contributed by atoms with Crippen LogP contribution in [0.3, 0.4) is 0 Å². The lowest BCUT2D eigenvalue weighted by atomic mass is 10.1. The van der Waals surface area contributed by atoms with Gasteiger partial charge in [-0.05, 0) is 43.9 Å². The smallest absolute Gasteiger partial charge is 0.191 e. The normalized spacial score (nSPS) is 12.1. The summed E-state index contributed by atoms with van der Waals surface area (Å²) in [4.78, 5) is 6.47. The monoisotopic (exact) mass is 498 g/mol. The van der Waals surface area contributed by atoms with Crippen LogP contribution < -0.4 is 20.1 Å². The highest BCUT2D eigenvalue weighted by atomic mass is 127. The van der Waals surface area contributed by atoms with Gasteiger partial charge < -0.3 is 25.0 Å². The van der Waals surface area contributed by atoms with E-state index in [1.54, 1.807) is 14.2 Å². The molecule has 0 spiro atoms. The Hall–Kier alpha value is -2.00. The van der Waals surface area contributed by atoms with Crippen molar-refractivity contribution in [1.82, 2.24) is 15.5 Å². The lowest BCUT2D eigenvalue weighted by molar-refractivity contribution is 0.297. The van der Waals surface area contributed by atoms with Crippen LogP contribution in [0, 0.1) is 0 Å². The van der Waals surface area contributed by atoms with Crippen molar-refractivity contribution in [3.05, 3.63) is 60.2 Å². The molecule has 2 rings (SSSR count). The molecule has 0 amide bonds. The number of likely N-dealkylation sites (N-methyl/N-ethyl adjacent to an activating group) is 1. The number of guanidine groups is 1. The van der Waals surface area contributed by atoms with Crippen molar-refractivity contribution in [3.8, 4) is 11.5 Å². The second-order valence-corrected chi connectivity index (χ2v) is 6.29. The van der Waals surface area contributed by atoms with Crippen LogP contribution in [0.15, 0.2) is 59.6 Å². The van der Waals surface area contributed by atoms with Gasteiger partial charge in [-0.1, -0.05) is 30.3 Å². The quantitative estimate of drug-likeness (QED) is 0.241. The van der Waals surface area contributed by atoms with Gasteiger partial charge in [0.2, 0.25) is 0 Å². The zero-order valence-electron chi connectivity index (χ0n) is 17.0. The number of hydrogen-bond acceptors (Lipinski definition) is 4. The Morgan fingerprint density at radius 2 is 1.68 bits per heavy atom. The third kappa shape index (κ3) is 7.93. The van der Waals surface area contributed by atoms with Crippen molar-refractivity contribution in [3.63, 3.8) is 0 Å². The molecule has 154 valence electrons. The van der Waals surface area contributed by atoms with Gasteiger partial charge in [-0.3, -0.25) is 4.99 Å². The molecule has 0 radical (unpaired) electrons. The van der Waals surface area contributed by atoms with E-state index in [4.69, 9.17) is 9.47 Å². The molecule has 28 heavy (non-hydrogen) atoms. The SMILES string of the molecule is CN=C(NCCOc1ccccc1)NCC(c1ccc(OC)cc1)N(C)C.I. The number of halogens is 1. The lowest BCUT2D eigenvalue weighted by Crippen LogP contribution is -2.43. The van der Waals surface area contributed by atoms with E-state index in [1.807, 2.05) is 42.5 Å². The predicted octanol–water partition coefficient (Wildman–Crippen LogP) is 3.16. The Kier molecular flexibility index (Phi) is 11.4. The second kappa shape index (κ2) is 13.2. The Labute approximate surface area is 185 Å². The van der Waals surface area contributed by atoms with Crippen LogP contribution in [-0.4, -0.2) is 58.8 Å². The van der Waals surface area contributed by atoms with Crippen molar-refractivity contribution in [2.24, 2.45) is 4.99 Å². The number of nitrogens with zero attached hydrogens (tertiary/aromatic N) is 2. The number of para-hydroxylation sites is 1. The summed E-state index contributed by atoms with van der Waals surface area (Å²) in [5.41, 5.74) is 1.22. The zero-order chi connectivity index (χ0) is 19.5. The molecule has 0 aromatic heterocycles. The summed E-state index contributed by atoms with van der Waals surface area (Å²) in [5, 5.41) is 6.67. The molecule has 7 heteroatoms. The topological polar surface area (TPSA) is 58.1 Å². The van der Waals surface area contributed by atoms with Crippen LogP contribution in [0.1, 0.15) is 11.6 Å². The standard InChI is InChI=1S/C21H30N4O2.HI/c1-22-21(23-14-15-27-19-8-6-5-7-9-19)24-16-20(25(2)3)17-10-12-18(26-4)13-11-17;/h5-13,20H,14-16H2,1-4H3,(H2,22,23,24);1H. The summed E-state index contributed by atoms with van der Waals surface area (Å²) in [6.07, 6.45) is 0. The molecule has 0 aliphatic rings. The number of hydrogen-bond donors (Lipinski definition) is 2. The number of benzene rings is 2. The average Bonchev–Trinajstić information content (AvgIpc) is 2.70. The fraction of sp³-hybridized carbons (Fsp3) is 0.381. The Morgan fingerprint density at radius 3 is 2.25 bits per heavy atom. The molecule has 2 N–H and O–H groups in total. The van der Waals surface area contributed by atoms with E-state index >= 15 is 0 Å². The third-order valence-corrected chi connectivity index (χ3v) is 4.22. The zero-order valence-corrected chi connectivity index (χ0v) is 19.3. The van der Waals surface area contributed by atoms with E-state index in [-0.39, 0.29) is 30.0 Å². The summed E-state index contributed by atoms with van der Waals surface area (Å²) in [6, 6.07) is 18.2. The molecule has 0 bridgehead atoms. The molecule has 2 aromatic rings. The summed E-state index contributed by atoms with van der Waals surface area (Å²) < 4.78 is 10.9. The van der Waals surface area contributed by atoms with Crippen molar-refractivity contribution in [2.75, 3.05) is 47.9 Å². The minimum Gasteiger partial charge on any atom is -0.497 e. The number of nitrogens with one attached hydrogen (secondary N) is 2. The van der Waals surface area contributed by atoms with Gasteiger partial charge in [0.1, 0.15) is 18.1 Å². The highest BCUT2D eigenvalue weighted by molar-refractivity contribution is 14.0. The molecule has 2 aromatic carbocycles. The summed E-state index contributed by atoms with van der Waals surface area (Å²) >= 11 is 0. The Morgan fingerprint density at radius 1 is 1.00 bits per heavy atom. The van der Waals surface area contributed by atoms with Crippen LogP contribution in [0.2, 0.25) is 0 Å². The van der Waals surface area contributed by atoms with Crippen molar-refractivity contribution in [1.29, 1.82) is 0 Å². The highest BCUT2D eigenvalue weighted by Crippen LogP contribution is 2.20. The fourth-order valence-electron chi connectivity index (χ4n) is 2.69. The average molecular weight is 498 g/mol. The van der Waals surface area contributed by atoms with Crippen LogP contribution in [-0.2, 0) is 0 Å². The number of rotatable bonds is 9. The van der Waals surface area contributed by atoms with Crippen molar-refractivity contribution < 1.29 is 9.47 Å². The van der Waals surface area contributed by atoms with Gasteiger partial charge in [-0.15, -0.1) is 24.0 Å². The Balaban J connectivity index is 0.00000392. The summed E-state index contributed by atoms with van der Waals surface area (Å²) in [5.74, 6) is 2.49. The molecular formula is C21H31IN4O2. The molecular weight excluding hydrogens is 467 g/mol. The molecule has 0 aliphatic heterocycles. The molecule has 1 atom stereocenters. The molecule has 1 unspecified atom stereocenters. The minimum absolute atomic E-state index is 0. The van der Waals surface area contributed by atoms with Crippen LogP contribution >= 0.6 is 24.0 Å². The van der Waals surface area contributed by atoms with Crippen molar-refractivity contribution in [2.45, 2.75) is 6.04 Å². The van der Waals surface area contributed by atoms with E-state index in [0.29, 0.717) is 13.2 Å². The van der Waals surface area contributed by atoms with Gasteiger partial charge in [0, 0.05) is 13.6 Å². The molecule has 0 saturated carbocycles.